The summed E-state index contributed by atoms with van der Waals surface area (Å²) in [6.45, 7) is 20.7. The fourth-order valence-electron chi connectivity index (χ4n) is 8.61. The topological polar surface area (TPSA) is 39.2 Å². The van der Waals surface area contributed by atoms with Crippen molar-refractivity contribution in [3.8, 4) is 0 Å². The molecule has 6 heteroatoms. The molecule has 226 valence electrons. The van der Waals surface area contributed by atoms with E-state index in [1.807, 2.05) is 0 Å². The number of allylic oxidation sites excluding steroid dienone is 2. The summed E-state index contributed by atoms with van der Waals surface area (Å²) in [5.74, 6) is 0. The first kappa shape index (κ1) is 26.4. The molecular formula is C38H42N4O2. The van der Waals surface area contributed by atoms with Gasteiger partial charge in [0.15, 0.2) is 0 Å². The molecule has 0 saturated heterocycles. The Balaban J connectivity index is 1.35. The van der Waals surface area contributed by atoms with Crippen LogP contribution in [0.2, 0.25) is 0 Å². The lowest BCUT2D eigenvalue weighted by atomic mass is 9.60. The highest BCUT2D eigenvalue weighted by Gasteiger charge is 2.52. The molecule has 0 atom stereocenters. The molecular weight excluding hydrogens is 544 g/mol. The van der Waals surface area contributed by atoms with E-state index in [1.54, 1.807) is 0 Å². The van der Waals surface area contributed by atoms with Crippen molar-refractivity contribution >= 4 is 55.3 Å². The van der Waals surface area contributed by atoms with Gasteiger partial charge in [0.1, 0.15) is 22.3 Å². The molecule has 0 radical (unpaired) electrons. The standard InChI is InChI=1S/C38H42N4O2/c1-35(2)23-15-29-21(13-25(23)41-19-39(9)17-31(41)37(35,5)6)33-27(43-29)11-12-28-34(33)22-14-26-24(16-30(22)44-28)36(3,4)38(7,8)32-18-40(10)20-42(26)32/h11-18H,19-20H2,1-10H3. The van der Waals surface area contributed by atoms with E-state index in [-0.39, 0.29) is 21.7 Å². The van der Waals surface area contributed by atoms with Crippen LogP contribution in [0.5, 0.6) is 0 Å². The minimum atomic E-state index is -0.0750. The van der Waals surface area contributed by atoms with E-state index in [4.69, 9.17) is 8.83 Å². The van der Waals surface area contributed by atoms with Gasteiger partial charge in [-0.3, -0.25) is 0 Å². The molecule has 3 aromatic carbocycles. The Kier molecular flexibility index (Phi) is 4.55. The van der Waals surface area contributed by atoms with Gasteiger partial charge in [0.05, 0.1) is 13.3 Å². The monoisotopic (exact) mass is 586 g/mol. The highest BCUT2D eigenvalue weighted by atomic mass is 16.3. The number of hydrogen-bond donors (Lipinski definition) is 0. The number of hydrogen-bond acceptors (Lipinski definition) is 6. The zero-order valence-corrected chi connectivity index (χ0v) is 27.6. The molecule has 0 saturated carbocycles. The molecule has 6 nitrogen and oxygen atoms in total. The maximum absolute atomic E-state index is 6.68. The van der Waals surface area contributed by atoms with Gasteiger partial charge in [-0.05, 0) is 47.5 Å². The van der Waals surface area contributed by atoms with Crippen LogP contribution in [0.1, 0.15) is 66.5 Å². The van der Waals surface area contributed by atoms with Crippen LogP contribution in [0.25, 0.3) is 43.9 Å². The van der Waals surface area contributed by atoms with Gasteiger partial charge < -0.3 is 28.4 Å². The Morgan fingerprint density at radius 2 is 0.909 bits per heavy atom. The summed E-state index contributed by atoms with van der Waals surface area (Å²) in [4.78, 5) is 9.60. The van der Waals surface area contributed by atoms with Crippen molar-refractivity contribution in [1.29, 1.82) is 0 Å². The molecule has 0 fully saturated rings. The third-order valence-electron chi connectivity index (χ3n) is 12.6. The maximum Gasteiger partial charge on any atom is 0.136 e. The van der Waals surface area contributed by atoms with Crippen LogP contribution in [-0.4, -0.2) is 37.2 Å². The van der Waals surface area contributed by atoms with Crippen molar-refractivity contribution in [2.45, 2.75) is 66.2 Å². The fourth-order valence-corrected chi connectivity index (χ4v) is 8.61. The fraction of sp³-hybridized carbons (Fsp3) is 0.421. The minimum absolute atomic E-state index is 0.0309. The molecule has 0 bridgehead atoms. The highest BCUT2D eigenvalue weighted by Crippen LogP contribution is 2.59. The molecule has 4 aliphatic heterocycles. The van der Waals surface area contributed by atoms with Gasteiger partial charge in [-0.1, -0.05) is 55.4 Å². The van der Waals surface area contributed by atoms with Crippen LogP contribution < -0.4 is 9.80 Å². The lowest BCUT2D eigenvalue weighted by Gasteiger charge is -2.51. The molecule has 5 aromatic rings. The summed E-state index contributed by atoms with van der Waals surface area (Å²) in [6, 6.07) is 13.6. The molecule has 0 amide bonds. The van der Waals surface area contributed by atoms with Crippen LogP contribution in [0.15, 0.2) is 69.0 Å². The molecule has 44 heavy (non-hydrogen) atoms. The first-order valence-electron chi connectivity index (χ1n) is 15.9. The summed E-state index contributed by atoms with van der Waals surface area (Å²) in [6.07, 6.45) is 4.66. The van der Waals surface area contributed by atoms with E-state index < -0.39 is 0 Å². The van der Waals surface area contributed by atoms with Gasteiger partial charge in [-0.2, -0.15) is 0 Å². The summed E-state index contributed by atoms with van der Waals surface area (Å²) in [5.41, 5.74) is 11.5. The summed E-state index contributed by atoms with van der Waals surface area (Å²) >= 11 is 0. The predicted octanol–water partition coefficient (Wildman–Crippen LogP) is 9.22. The first-order chi connectivity index (χ1) is 20.6. The summed E-state index contributed by atoms with van der Waals surface area (Å²) < 4.78 is 13.4. The largest absolute Gasteiger partial charge is 0.456 e. The number of rotatable bonds is 0. The quantitative estimate of drug-likeness (QED) is 0.180. The number of furan rings is 2. The third-order valence-corrected chi connectivity index (χ3v) is 12.6. The summed E-state index contributed by atoms with van der Waals surface area (Å²) in [5, 5.41) is 4.59. The summed E-state index contributed by atoms with van der Waals surface area (Å²) in [7, 11) is 4.34. The average Bonchev–Trinajstić information content (AvgIpc) is 3.71. The molecule has 0 aliphatic carbocycles. The number of nitrogens with zero attached hydrogens (tertiary/aromatic N) is 4. The zero-order valence-electron chi connectivity index (χ0n) is 27.6. The predicted molar refractivity (Wildman–Crippen MR) is 181 cm³/mol. The van der Waals surface area contributed by atoms with Gasteiger partial charge >= 0.3 is 0 Å². The van der Waals surface area contributed by atoms with Crippen LogP contribution in [-0.2, 0) is 10.8 Å². The van der Waals surface area contributed by atoms with Gasteiger partial charge in [0.25, 0.3) is 0 Å². The Bertz CT molecular complexity index is 2030. The van der Waals surface area contributed by atoms with E-state index in [0.29, 0.717) is 0 Å². The smallest absolute Gasteiger partial charge is 0.136 e. The van der Waals surface area contributed by atoms with E-state index in [9.17, 15) is 0 Å². The lowest BCUT2D eigenvalue weighted by Crippen LogP contribution is -2.48. The lowest BCUT2D eigenvalue weighted by molar-refractivity contribution is 0.235. The third kappa shape index (κ3) is 2.84. The van der Waals surface area contributed by atoms with Gasteiger partial charge in [-0.25, -0.2) is 0 Å². The van der Waals surface area contributed by atoms with E-state index in [0.717, 1.165) is 57.2 Å². The van der Waals surface area contributed by atoms with Crippen LogP contribution in [0.3, 0.4) is 0 Å². The van der Waals surface area contributed by atoms with Crippen LogP contribution in [0.4, 0.5) is 11.4 Å². The molecule has 0 spiro atoms. The van der Waals surface area contributed by atoms with E-state index in [1.165, 1.54) is 33.9 Å². The Morgan fingerprint density at radius 1 is 0.523 bits per heavy atom. The zero-order chi connectivity index (χ0) is 30.9. The number of fused-ring (bicyclic) bond motifs is 13. The second kappa shape index (κ2) is 7.59. The molecule has 0 N–H and O–H groups in total. The van der Waals surface area contributed by atoms with E-state index >= 15 is 0 Å². The van der Waals surface area contributed by atoms with Crippen molar-refractivity contribution < 1.29 is 8.83 Å². The van der Waals surface area contributed by atoms with Crippen molar-refractivity contribution in [3.05, 3.63) is 71.3 Å². The van der Waals surface area contributed by atoms with Gasteiger partial charge in [-0.15, -0.1) is 0 Å². The van der Waals surface area contributed by atoms with Gasteiger partial charge in [0, 0.05) is 92.5 Å². The Hall–Kier alpha value is -4.06. The molecule has 2 aromatic heterocycles. The van der Waals surface area contributed by atoms with Crippen molar-refractivity contribution in [3.63, 3.8) is 0 Å². The van der Waals surface area contributed by atoms with Crippen LogP contribution in [0, 0.1) is 10.8 Å². The van der Waals surface area contributed by atoms with Crippen molar-refractivity contribution in [2.75, 3.05) is 37.2 Å². The average molecular weight is 587 g/mol. The van der Waals surface area contributed by atoms with Crippen LogP contribution >= 0.6 is 0 Å². The Morgan fingerprint density at radius 3 is 1.30 bits per heavy atom. The first-order valence-corrected chi connectivity index (χ1v) is 15.9. The van der Waals surface area contributed by atoms with Crippen molar-refractivity contribution in [2.24, 2.45) is 10.8 Å². The molecule has 9 rings (SSSR count). The number of benzene rings is 3. The minimum Gasteiger partial charge on any atom is -0.456 e. The maximum atomic E-state index is 6.68. The second-order valence-corrected chi connectivity index (χ2v) is 15.9. The van der Waals surface area contributed by atoms with Gasteiger partial charge in [0.2, 0.25) is 0 Å². The SMILES string of the molecule is CN1C=C2N(C1)c1cc3c(cc1C(C)(C)C2(C)C)oc1ccc2oc4cc5c(cc4c2c13)N1CN(C)C=C1C(C)(C)C5(C)C. The Labute approximate surface area is 259 Å². The number of anilines is 2. The second-order valence-electron chi connectivity index (χ2n) is 15.9. The molecule has 6 heterocycles. The normalized spacial score (nSPS) is 22.5. The molecule has 0 unspecified atom stereocenters. The highest BCUT2D eigenvalue weighted by molar-refractivity contribution is 6.26. The molecule has 4 aliphatic rings. The van der Waals surface area contributed by atoms with E-state index in [2.05, 4.69) is 138 Å². The van der Waals surface area contributed by atoms with Crippen molar-refractivity contribution in [1.82, 2.24) is 9.80 Å².